The summed E-state index contributed by atoms with van der Waals surface area (Å²) < 4.78 is 5.16. The molecule has 0 aliphatic heterocycles. The molecule has 0 radical (unpaired) electrons. The highest BCUT2D eigenvalue weighted by Gasteiger charge is 2.26. The smallest absolute Gasteiger partial charge is 0.349 e. The molecule has 0 bridgehead atoms. The van der Waals surface area contributed by atoms with Crippen LogP contribution in [0.25, 0.3) is 11.1 Å². The van der Waals surface area contributed by atoms with E-state index in [2.05, 4.69) is 11.4 Å². The summed E-state index contributed by atoms with van der Waals surface area (Å²) in [4.78, 5) is 25.5. The number of nitrogens with one attached hydrogen (secondary N) is 1. The van der Waals surface area contributed by atoms with Gasteiger partial charge in [-0.3, -0.25) is 4.79 Å². The van der Waals surface area contributed by atoms with Crippen molar-refractivity contribution >= 4 is 28.2 Å². The zero-order chi connectivity index (χ0) is 20.1. The van der Waals surface area contributed by atoms with E-state index in [0.717, 1.165) is 22.5 Å². The second-order valence-electron chi connectivity index (χ2n) is 5.98. The summed E-state index contributed by atoms with van der Waals surface area (Å²) in [6.45, 7) is 3.78. The number of rotatable bonds is 5. The lowest BCUT2D eigenvalue weighted by Crippen LogP contribution is -2.13. The lowest BCUT2D eigenvalue weighted by atomic mass is 10.0. The Kier molecular flexibility index (Phi) is 5.87. The van der Waals surface area contributed by atoms with Crippen LogP contribution in [0.2, 0.25) is 0 Å². The van der Waals surface area contributed by atoms with Gasteiger partial charge >= 0.3 is 5.97 Å². The molecular formula is C22H18N2O3S. The minimum Gasteiger partial charge on any atom is -0.462 e. The van der Waals surface area contributed by atoms with Crippen LogP contribution in [0.1, 0.15) is 38.1 Å². The third kappa shape index (κ3) is 3.80. The Labute approximate surface area is 167 Å². The van der Waals surface area contributed by atoms with Crippen LogP contribution >= 0.6 is 11.3 Å². The standard InChI is InChI=1S/C22H18N2O3S/c1-3-27-22(26)19-18(15-10-5-4-6-11-15)17(13-23)21(28-19)24-20(25)16-12-8-7-9-14(16)2/h4-12H,3H2,1-2H3,(H,24,25). The molecule has 6 heteroatoms. The number of hydrogen-bond donors (Lipinski definition) is 1. The van der Waals surface area contributed by atoms with Crippen molar-refractivity contribution in [3.63, 3.8) is 0 Å². The number of nitrogens with zero attached hydrogens (tertiary/aromatic N) is 1. The van der Waals surface area contributed by atoms with E-state index < -0.39 is 5.97 Å². The summed E-state index contributed by atoms with van der Waals surface area (Å²) in [7, 11) is 0. The maximum absolute atomic E-state index is 12.7. The number of aryl methyl sites for hydroxylation is 1. The molecule has 3 aromatic rings. The highest BCUT2D eigenvalue weighted by Crippen LogP contribution is 2.40. The largest absolute Gasteiger partial charge is 0.462 e. The van der Waals surface area contributed by atoms with Crippen LogP contribution < -0.4 is 5.32 Å². The number of nitriles is 1. The summed E-state index contributed by atoms with van der Waals surface area (Å²) in [5.41, 5.74) is 2.78. The number of amides is 1. The summed E-state index contributed by atoms with van der Waals surface area (Å²) in [5, 5.41) is 12.9. The van der Waals surface area contributed by atoms with Gasteiger partial charge in [0.05, 0.1) is 12.2 Å². The van der Waals surface area contributed by atoms with Gasteiger partial charge in [0.15, 0.2) is 0 Å². The number of carbonyl (C=O) groups excluding carboxylic acids is 2. The van der Waals surface area contributed by atoms with Gasteiger partial charge < -0.3 is 10.1 Å². The number of hydrogen-bond acceptors (Lipinski definition) is 5. The van der Waals surface area contributed by atoms with Gasteiger partial charge in [-0.15, -0.1) is 11.3 Å². The van der Waals surface area contributed by atoms with Crippen LogP contribution in [0, 0.1) is 18.3 Å². The topological polar surface area (TPSA) is 79.2 Å². The summed E-state index contributed by atoms with van der Waals surface area (Å²) in [6.07, 6.45) is 0. The molecule has 1 N–H and O–H groups in total. The Balaban J connectivity index is 2.10. The number of esters is 1. The molecule has 0 aliphatic carbocycles. The van der Waals surface area contributed by atoms with Gasteiger partial charge in [-0.25, -0.2) is 4.79 Å². The number of thiophene rings is 1. The van der Waals surface area contributed by atoms with E-state index in [1.165, 1.54) is 0 Å². The molecular weight excluding hydrogens is 372 g/mol. The maximum Gasteiger partial charge on any atom is 0.349 e. The highest BCUT2D eigenvalue weighted by atomic mass is 32.1. The lowest BCUT2D eigenvalue weighted by Gasteiger charge is -2.06. The van der Waals surface area contributed by atoms with Gasteiger partial charge in [0, 0.05) is 11.1 Å². The molecule has 5 nitrogen and oxygen atoms in total. The predicted molar refractivity (Wildman–Crippen MR) is 110 cm³/mol. The number of anilines is 1. The number of ether oxygens (including phenoxy) is 1. The van der Waals surface area contributed by atoms with Gasteiger partial charge in [0.1, 0.15) is 15.9 Å². The Morgan fingerprint density at radius 3 is 2.43 bits per heavy atom. The second kappa shape index (κ2) is 8.51. The highest BCUT2D eigenvalue weighted by molar-refractivity contribution is 7.19. The van der Waals surface area contributed by atoms with Gasteiger partial charge in [0.2, 0.25) is 0 Å². The van der Waals surface area contributed by atoms with E-state index in [-0.39, 0.29) is 18.1 Å². The quantitative estimate of drug-likeness (QED) is 0.620. The molecule has 1 heterocycles. The van der Waals surface area contributed by atoms with E-state index in [4.69, 9.17) is 4.74 Å². The minimum atomic E-state index is -0.515. The molecule has 0 saturated heterocycles. The summed E-state index contributed by atoms with van der Waals surface area (Å²) in [5.74, 6) is -0.842. The molecule has 1 amide bonds. The predicted octanol–water partition coefficient (Wildman–Crippen LogP) is 5.02. The normalized spacial score (nSPS) is 10.2. The van der Waals surface area contributed by atoms with Crippen molar-refractivity contribution in [1.82, 2.24) is 0 Å². The molecule has 0 spiro atoms. The van der Waals surface area contributed by atoms with Crippen LogP contribution in [0.3, 0.4) is 0 Å². The zero-order valence-electron chi connectivity index (χ0n) is 15.5. The van der Waals surface area contributed by atoms with Crippen LogP contribution in [-0.2, 0) is 4.74 Å². The van der Waals surface area contributed by atoms with Crippen molar-refractivity contribution in [2.75, 3.05) is 11.9 Å². The molecule has 0 fully saturated rings. The summed E-state index contributed by atoms with van der Waals surface area (Å²) in [6, 6.07) is 18.5. The molecule has 140 valence electrons. The average molecular weight is 390 g/mol. The van der Waals surface area contributed by atoms with Crippen molar-refractivity contribution in [2.45, 2.75) is 13.8 Å². The van der Waals surface area contributed by atoms with Crippen molar-refractivity contribution in [3.8, 4) is 17.2 Å². The molecule has 28 heavy (non-hydrogen) atoms. The molecule has 2 aromatic carbocycles. The number of carbonyl (C=O) groups is 2. The van der Waals surface area contributed by atoms with Gasteiger partial charge in [-0.2, -0.15) is 5.26 Å². The third-order valence-corrected chi connectivity index (χ3v) is 5.25. The monoisotopic (exact) mass is 390 g/mol. The Hall–Kier alpha value is -3.43. The second-order valence-corrected chi connectivity index (χ2v) is 7.00. The average Bonchev–Trinajstić information content (AvgIpc) is 3.07. The first-order valence-electron chi connectivity index (χ1n) is 8.73. The zero-order valence-corrected chi connectivity index (χ0v) is 16.3. The Morgan fingerprint density at radius 1 is 1.11 bits per heavy atom. The fraction of sp³-hybridized carbons (Fsp3) is 0.136. The van der Waals surface area contributed by atoms with E-state index in [0.29, 0.717) is 21.0 Å². The van der Waals surface area contributed by atoms with E-state index >= 15 is 0 Å². The van der Waals surface area contributed by atoms with Gasteiger partial charge in [-0.05, 0) is 31.0 Å². The first-order valence-corrected chi connectivity index (χ1v) is 9.54. The van der Waals surface area contributed by atoms with Crippen molar-refractivity contribution < 1.29 is 14.3 Å². The van der Waals surface area contributed by atoms with Gasteiger partial charge in [-0.1, -0.05) is 48.5 Å². The van der Waals surface area contributed by atoms with Crippen molar-refractivity contribution in [2.24, 2.45) is 0 Å². The first-order chi connectivity index (χ1) is 13.6. The minimum absolute atomic E-state index is 0.220. The molecule has 1 aromatic heterocycles. The van der Waals surface area contributed by atoms with Crippen molar-refractivity contribution in [1.29, 1.82) is 5.26 Å². The number of benzene rings is 2. The fourth-order valence-corrected chi connectivity index (χ4v) is 3.91. The van der Waals surface area contributed by atoms with Crippen LogP contribution in [-0.4, -0.2) is 18.5 Å². The third-order valence-electron chi connectivity index (χ3n) is 4.16. The van der Waals surface area contributed by atoms with E-state index in [9.17, 15) is 14.9 Å². The molecule has 3 rings (SSSR count). The first kappa shape index (κ1) is 19.3. The van der Waals surface area contributed by atoms with E-state index in [1.54, 1.807) is 19.1 Å². The molecule has 0 saturated carbocycles. The van der Waals surface area contributed by atoms with Crippen LogP contribution in [0.4, 0.5) is 5.00 Å². The Bertz CT molecular complexity index is 1070. The van der Waals surface area contributed by atoms with Crippen LogP contribution in [0.5, 0.6) is 0 Å². The lowest BCUT2D eigenvalue weighted by molar-refractivity contribution is 0.0532. The van der Waals surface area contributed by atoms with E-state index in [1.807, 2.05) is 49.4 Å². The van der Waals surface area contributed by atoms with Crippen LogP contribution in [0.15, 0.2) is 54.6 Å². The Morgan fingerprint density at radius 2 is 1.79 bits per heavy atom. The fourth-order valence-electron chi connectivity index (χ4n) is 2.84. The SMILES string of the molecule is CCOC(=O)c1sc(NC(=O)c2ccccc2C)c(C#N)c1-c1ccccc1. The molecule has 0 unspecified atom stereocenters. The molecule has 0 aliphatic rings. The maximum atomic E-state index is 12.7. The van der Waals surface area contributed by atoms with Crippen molar-refractivity contribution in [3.05, 3.63) is 76.2 Å². The molecule has 0 atom stereocenters. The van der Waals surface area contributed by atoms with Gasteiger partial charge in [0.25, 0.3) is 5.91 Å². The summed E-state index contributed by atoms with van der Waals surface area (Å²) >= 11 is 1.05.